The van der Waals surface area contributed by atoms with E-state index in [0.29, 0.717) is 23.8 Å². The molecule has 5 rings (SSSR count). The average molecular weight is 518 g/mol. The number of carboxylic acids is 1. The van der Waals surface area contributed by atoms with Gasteiger partial charge in [-0.25, -0.2) is 0 Å². The van der Waals surface area contributed by atoms with E-state index in [1.54, 1.807) is 0 Å². The van der Waals surface area contributed by atoms with Gasteiger partial charge in [-0.3, -0.25) is 14.5 Å². The zero-order chi connectivity index (χ0) is 24.9. The Morgan fingerprint density at radius 1 is 1.49 bits per heavy atom. The maximum atomic E-state index is 13.0. The largest absolute Gasteiger partial charge is 0.543 e. The highest BCUT2D eigenvalue weighted by Crippen LogP contribution is 2.42. The number of nitrogens with zero attached hydrogens (tertiary/aromatic N) is 4. The first-order valence-electron chi connectivity index (χ1n) is 11.0. The third kappa shape index (κ3) is 3.83. The normalized spacial score (nSPS) is 31.3. The van der Waals surface area contributed by atoms with E-state index in [1.165, 1.54) is 28.7 Å². The van der Waals surface area contributed by atoms with Crippen molar-refractivity contribution in [1.29, 1.82) is 0 Å². The smallest absolute Gasteiger partial charge is 0.278 e. The first kappa shape index (κ1) is 23.6. The summed E-state index contributed by atoms with van der Waals surface area (Å²) in [7, 11) is 3.37. The Morgan fingerprint density at radius 2 is 2.29 bits per heavy atom. The molecule has 1 aromatic heterocycles. The molecule has 1 aromatic rings. The number of amides is 2. The van der Waals surface area contributed by atoms with Crippen LogP contribution in [0.25, 0.3) is 0 Å². The van der Waals surface area contributed by atoms with Crippen LogP contribution in [0.2, 0.25) is 0 Å². The second kappa shape index (κ2) is 8.81. The summed E-state index contributed by atoms with van der Waals surface area (Å²) in [6, 6.07) is -0.499. The van der Waals surface area contributed by atoms with Crippen molar-refractivity contribution in [2.45, 2.75) is 48.7 Å². The predicted molar refractivity (Wildman–Crippen MR) is 125 cm³/mol. The number of β-lactam (4-membered cyclic amide) rings is 1. The molecule has 0 aromatic carbocycles. The number of aromatic nitrogens is 2. The van der Waals surface area contributed by atoms with Crippen LogP contribution in [0, 0.1) is 11.8 Å². The number of aliphatic carboxylic acids is 1. The van der Waals surface area contributed by atoms with Crippen molar-refractivity contribution in [2.24, 2.45) is 5.16 Å². The quantitative estimate of drug-likeness (QED) is 0.149. The Bertz CT molecular complexity index is 1230. The van der Waals surface area contributed by atoms with E-state index in [4.69, 9.17) is 10.6 Å². The van der Waals surface area contributed by atoms with Crippen molar-refractivity contribution >= 4 is 51.9 Å². The van der Waals surface area contributed by atoms with Crippen molar-refractivity contribution in [3.8, 4) is 11.8 Å². The molecular formula is C21H23N7O5S2. The number of quaternary nitrogens is 1. The van der Waals surface area contributed by atoms with Crippen LogP contribution in [-0.4, -0.2) is 80.7 Å². The van der Waals surface area contributed by atoms with Gasteiger partial charge in [0.1, 0.15) is 18.5 Å². The van der Waals surface area contributed by atoms with Crippen LogP contribution in [0.4, 0.5) is 5.13 Å². The third-order valence-electron chi connectivity index (χ3n) is 7.06. The first-order valence-corrected chi connectivity index (χ1v) is 12.8. The molecule has 0 saturated carbocycles. The number of thioether (sulfide) groups is 1. The SMILES string of the molecule is CO/N=C(\C(=O)NC1C(=O)N2C(C(=O)[O-])=C(C[C@]34C#CC[C@H](CC3)[NH+]4C)CS[C@H]12)c1nsc(N)n1. The molecule has 4 aliphatic heterocycles. The predicted octanol–water partition coefficient (Wildman–Crippen LogP) is -2.91. The number of nitrogen functional groups attached to an aromatic ring is 1. The Balaban J connectivity index is 1.36. The Labute approximate surface area is 209 Å². The molecule has 2 unspecified atom stereocenters. The minimum atomic E-state index is -1.40. The van der Waals surface area contributed by atoms with Gasteiger partial charge in [0.15, 0.2) is 10.7 Å². The molecule has 0 radical (unpaired) electrons. The van der Waals surface area contributed by atoms with Crippen LogP contribution < -0.4 is 21.1 Å². The number of rotatable bonds is 7. The summed E-state index contributed by atoms with van der Waals surface area (Å²) in [6.45, 7) is 0. The molecule has 12 nitrogen and oxygen atoms in total. The number of carboxylic acid groups (broad SMARTS) is 1. The number of nitrogens with two attached hydrogens (primary N) is 1. The van der Waals surface area contributed by atoms with Gasteiger partial charge in [-0.1, -0.05) is 11.1 Å². The van der Waals surface area contributed by atoms with Crippen LogP contribution in [-0.2, 0) is 19.2 Å². The van der Waals surface area contributed by atoms with Crippen molar-refractivity contribution in [3.05, 3.63) is 17.1 Å². The number of fused-ring (bicyclic) bond motifs is 3. The topological polar surface area (TPSA) is 167 Å². The highest BCUT2D eigenvalue weighted by molar-refractivity contribution is 8.00. The van der Waals surface area contributed by atoms with Crippen molar-refractivity contribution in [2.75, 3.05) is 25.6 Å². The van der Waals surface area contributed by atoms with Gasteiger partial charge in [0.25, 0.3) is 11.8 Å². The average Bonchev–Trinajstić information content (AvgIpc) is 3.30. The lowest BCUT2D eigenvalue weighted by Crippen LogP contribution is -3.19. The van der Waals surface area contributed by atoms with Gasteiger partial charge in [0, 0.05) is 36.5 Å². The zero-order valence-electron chi connectivity index (χ0n) is 19.0. The first-order chi connectivity index (χ1) is 16.8. The summed E-state index contributed by atoms with van der Waals surface area (Å²) in [4.78, 5) is 49.2. The van der Waals surface area contributed by atoms with E-state index in [-0.39, 0.29) is 27.9 Å². The van der Waals surface area contributed by atoms with Crippen LogP contribution >= 0.6 is 23.3 Å². The zero-order valence-corrected chi connectivity index (χ0v) is 20.6. The minimum Gasteiger partial charge on any atom is -0.543 e. The van der Waals surface area contributed by atoms with Crippen molar-refractivity contribution in [3.63, 3.8) is 0 Å². The summed E-state index contributed by atoms with van der Waals surface area (Å²) in [6.07, 6.45) is 3.23. The Kier molecular flexibility index (Phi) is 5.94. The van der Waals surface area contributed by atoms with Crippen molar-refractivity contribution in [1.82, 2.24) is 19.6 Å². The monoisotopic (exact) mass is 517 g/mol. The standard InChI is InChI=1S/C21H23N7O5S2/c1-27-11-4-3-6-21(27,7-5-11)8-10-9-34-18-13(17(30)28(18)14(10)19(31)32)23-16(29)12(25-33-2)15-24-20(22)35-26-15/h11,13,18H,4-5,7-9H2,1-2H3,(H,23,29)(H,31,32)(H2,22,24,26)/b25-12-/t11-,13?,18-,21+/m1/s1. The molecule has 2 saturated heterocycles. The van der Waals surface area contributed by atoms with Gasteiger partial charge < -0.3 is 30.7 Å². The van der Waals surface area contributed by atoms with E-state index in [9.17, 15) is 19.5 Å². The number of hydrogen-bond acceptors (Lipinski definition) is 11. The molecule has 35 heavy (non-hydrogen) atoms. The third-order valence-corrected chi connectivity index (χ3v) is 8.94. The highest BCUT2D eigenvalue weighted by atomic mass is 32.2. The van der Waals surface area contributed by atoms with Gasteiger partial charge in [-0.05, 0) is 11.5 Å². The number of nitrogens with one attached hydrogen (secondary N) is 2. The molecule has 184 valence electrons. The van der Waals surface area contributed by atoms with Gasteiger partial charge in [-0.15, -0.1) is 11.8 Å². The molecule has 2 fully saturated rings. The number of hydrogen-bond donors (Lipinski definition) is 3. The molecule has 14 heteroatoms. The Hall–Kier alpha value is -3.15. The molecule has 0 aliphatic carbocycles. The lowest BCUT2D eigenvalue weighted by atomic mass is 9.87. The number of anilines is 1. The maximum absolute atomic E-state index is 13.0. The molecule has 4 N–H and O–H groups in total. The number of carbonyl (C=O) groups is 3. The molecule has 0 spiro atoms. The van der Waals surface area contributed by atoms with Gasteiger partial charge in [-0.2, -0.15) is 9.36 Å². The molecule has 5 atom stereocenters. The Morgan fingerprint density at radius 3 is 2.97 bits per heavy atom. The summed E-state index contributed by atoms with van der Waals surface area (Å²) >= 11 is 2.28. The molecule has 2 amide bonds. The van der Waals surface area contributed by atoms with Crippen molar-refractivity contribution < 1.29 is 29.2 Å². The van der Waals surface area contributed by atoms with E-state index in [1.807, 2.05) is 0 Å². The second-order valence-electron chi connectivity index (χ2n) is 8.86. The fourth-order valence-corrected chi connectivity index (χ4v) is 7.03. The number of oxime groups is 1. The summed E-state index contributed by atoms with van der Waals surface area (Å²) < 4.78 is 3.96. The van der Waals surface area contributed by atoms with Gasteiger partial charge in [0.05, 0.1) is 31.2 Å². The summed E-state index contributed by atoms with van der Waals surface area (Å²) in [5, 5.41) is 18.0. The van der Waals surface area contributed by atoms with E-state index in [0.717, 1.165) is 30.8 Å². The molecule has 5 heterocycles. The maximum Gasteiger partial charge on any atom is 0.278 e. The minimum absolute atomic E-state index is 0.0290. The van der Waals surface area contributed by atoms with Crippen LogP contribution in [0.3, 0.4) is 0 Å². The van der Waals surface area contributed by atoms with Crippen LogP contribution in [0.1, 0.15) is 31.5 Å². The van der Waals surface area contributed by atoms with E-state index >= 15 is 0 Å². The van der Waals surface area contributed by atoms with Gasteiger partial charge >= 0.3 is 0 Å². The molecular weight excluding hydrogens is 494 g/mol. The van der Waals surface area contributed by atoms with E-state index < -0.39 is 29.2 Å². The lowest BCUT2D eigenvalue weighted by Gasteiger charge is -2.51. The number of carbonyl (C=O) groups excluding carboxylic acids is 3. The molecule has 2 bridgehead atoms. The summed E-state index contributed by atoms with van der Waals surface area (Å²) in [5.41, 5.74) is 5.54. The lowest BCUT2D eigenvalue weighted by molar-refractivity contribution is -0.934. The fourth-order valence-electron chi connectivity index (χ4n) is 5.24. The van der Waals surface area contributed by atoms with Crippen LogP contribution in [0.15, 0.2) is 16.4 Å². The summed E-state index contributed by atoms with van der Waals surface area (Å²) in [5.74, 6) is 4.29. The highest BCUT2D eigenvalue weighted by Gasteiger charge is 2.55. The van der Waals surface area contributed by atoms with Gasteiger partial charge in [0.2, 0.25) is 11.5 Å². The van der Waals surface area contributed by atoms with Crippen LogP contribution in [0.5, 0.6) is 0 Å². The molecule has 4 aliphatic rings. The fraction of sp³-hybridized carbons (Fsp3) is 0.524. The van der Waals surface area contributed by atoms with E-state index in [2.05, 4.69) is 38.7 Å². The second-order valence-corrected chi connectivity index (χ2v) is 10.8.